The van der Waals surface area contributed by atoms with E-state index in [1.807, 2.05) is 31.3 Å². The van der Waals surface area contributed by atoms with Crippen molar-refractivity contribution in [3.63, 3.8) is 0 Å². The maximum Gasteiger partial charge on any atom is 0.315 e. The van der Waals surface area contributed by atoms with Gasteiger partial charge in [0, 0.05) is 48.3 Å². The van der Waals surface area contributed by atoms with Gasteiger partial charge >= 0.3 is 6.43 Å². The molecule has 8 heteroatoms. The molecule has 0 saturated carbocycles. The third kappa shape index (κ3) is 4.64. The average Bonchev–Trinajstić information content (AvgIpc) is 3.21. The van der Waals surface area contributed by atoms with Crippen molar-refractivity contribution in [1.82, 2.24) is 20.2 Å². The summed E-state index contributed by atoms with van der Waals surface area (Å²) >= 11 is 0. The van der Waals surface area contributed by atoms with Crippen molar-refractivity contribution in [3.8, 4) is 0 Å². The molecule has 1 aliphatic heterocycles. The van der Waals surface area contributed by atoms with Crippen molar-refractivity contribution >= 4 is 22.7 Å². The van der Waals surface area contributed by atoms with E-state index in [0.29, 0.717) is 37.1 Å². The van der Waals surface area contributed by atoms with Gasteiger partial charge < -0.3 is 15.2 Å². The number of H-pyrrole nitrogens is 1. The predicted octanol–water partition coefficient (Wildman–Crippen LogP) is 3.81. The highest BCUT2D eigenvalue weighted by molar-refractivity contribution is 5.95. The van der Waals surface area contributed by atoms with Gasteiger partial charge in [0.15, 0.2) is 0 Å². The SMILES string of the molecule is Cc1ccc(C(=O)NCCc2c[nH]c3ccccc23)c(C2CCN(C(=O)C(F)F)CC2)n1. The standard InChI is InChI=1S/C24H26F2N4O2/c1-15-6-7-19(21(29-15)16-9-12-30(13-10-16)24(32)22(25)26)23(31)27-11-8-17-14-28-20-5-3-2-4-18(17)20/h2-7,14,16,22,28H,8-13H2,1H3,(H,27,31). The number of rotatable bonds is 6. The van der Waals surface area contributed by atoms with Crippen LogP contribution in [0, 0.1) is 6.92 Å². The van der Waals surface area contributed by atoms with Crippen LogP contribution in [0.5, 0.6) is 0 Å². The monoisotopic (exact) mass is 440 g/mol. The van der Waals surface area contributed by atoms with Gasteiger partial charge in [0.1, 0.15) is 0 Å². The molecule has 1 fully saturated rings. The molecule has 0 unspecified atom stereocenters. The number of hydrogen-bond acceptors (Lipinski definition) is 3. The summed E-state index contributed by atoms with van der Waals surface area (Å²) in [5, 5.41) is 4.13. The smallest absolute Gasteiger partial charge is 0.315 e. The number of halogens is 2. The zero-order chi connectivity index (χ0) is 22.7. The Kier molecular flexibility index (Phi) is 6.48. The second-order valence-electron chi connectivity index (χ2n) is 8.15. The first-order valence-electron chi connectivity index (χ1n) is 10.8. The lowest BCUT2D eigenvalue weighted by Crippen LogP contribution is -2.41. The lowest BCUT2D eigenvalue weighted by atomic mass is 9.89. The van der Waals surface area contributed by atoms with Crippen molar-refractivity contribution in [2.45, 2.75) is 38.5 Å². The van der Waals surface area contributed by atoms with Crippen LogP contribution in [0.25, 0.3) is 10.9 Å². The number of fused-ring (bicyclic) bond motifs is 1. The van der Waals surface area contributed by atoms with Crippen LogP contribution in [0.15, 0.2) is 42.6 Å². The molecule has 0 aliphatic carbocycles. The zero-order valence-electron chi connectivity index (χ0n) is 17.9. The maximum absolute atomic E-state index is 13.0. The van der Waals surface area contributed by atoms with E-state index in [1.54, 1.807) is 12.1 Å². The van der Waals surface area contributed by atoms with Gasteiger partial charge in [0.2, 0.25) is 0 Å². The molecule has 32 heavy (non-hydrogen) atoms. The maximum atomic E-state index is 13.0. The summed E-state index contributed by atoms with van der Waals surface area (Å²) in [7, 11) is 0. The van der Waals surface area contributed by atoms with E-state index in [-0.39, 0.29) is 24.9 Å². The van der Waals surface area contributed by atoms with Gasteiger partial charge in [-0.25, -0.2) is 0 Å². The first-order chi connectivity index (χ1) is 15.4. The molecule has 1 aromatic carbocycles. The summed E-state index contributed by atoms with van der Waals surface area (Å²) in [6.45, 7) is 2.82. The molecular weight excluding hydrogens is 414 g/mol. The van der Waals surface area contributed by atoms with Crippen LogP contribution in [0.1, 0.15) is 46.1 Å². The molecule has 1 aliphatic rings. The van der Waals surface area contributed by atoms with E-state index in [2.05, 4.69) is 21.4 Å². The number of carbonyl (C=O) groups is 2. The van der Waals surface area contributed by atoms with Crippen molar-refractivity contribution in [3.05, 3.63) is 65.1 Å². The predicted molar refractivity (Wildman–Crippen MR) is 118 cm³/mol. The van der Waals surface area contributed by atoms with Gasteiger partial charge in [-0.1, -0.05) is 18.2 Å². The Hall–Kier alpha value is -3.29. The fourth-order valence-corrected chi connectivity index (χ4v) is 4.34. The number of para-hydroxylation sites is 1. The minimum atomic E-state index is -2.98. The van der Waals surface area contributed by atoms with E-state index in [1.165, 1.54) is 4.90 Å². The minimum absolute atomic E-state index is 0.0500. The molecule has 3 aromatic rings. The molecule has 0 radical (unpaired) electrons. The van der Waals surface area contributed by atoms with Crippen LogP contribution in [0.2, 0.25) is 0 Å². The van der Waals surface area contributed by atoms with Gasteiger partial charge in [-0.05, 0) is 49.9 Å². The van der Waals surface area contributed by atoms with Gasteiger partial charge in [-0.3, -0.25) is 14.6 Å². The summed E-state index contributed by atoms with van der Waals surface area (Å²) in [6.07, 6.45) is 0.680. The van der Waals surface area contributed by atoms with E-state index in [9.17, 15) is 18.4 Å². The molecule has 2 aromatic heterocycles. The molecule has 6 nitrogen and oxygen atoms in total. The molecule has 4 rings (SSSR count). The topological polar surface area (TPSA) is 78.1 Å². The Morgan fingerprint density at radius 3 is 2.69 bits per heavy atom. The molecule has 3 heterocycles. The molecule has 2 N–H and O–H groups in total. The van der Waals surface area contributed by atoms with Crippen LogP contribution >= 0.6 is 0 Å². The van der Waals surface area contributed by atoms with Crippen LogP contribution in [-0.2, 0) is 11.2 Å². The molecule has 0 atom stereocenters. The first kappa shape index (κ1) is 21.9. The van der Waals surface area contributed by atoms with E-state index in [4.69, 9.17) is 0 Å². The molecule has 168 valence electrons. The third-order valence-electron chi connectivity index (χ3n) is 6.04. The van der Waals surface area contributed by atoms with Crippen molar-refractivity contribution in [1.29, 1.82) is 0 Å². The van der Waals surface area contributed by atoms with Crippen molar-refractivity contribution in [2.75, 3.05) is 19.6 Å². The summed E-state index contributed by atoms with van der Waals surface area (Å²) in [5.41, 5.74) is 4.18. The Morgan fingerprint density at radius 1 is 1.19 bits per heavy atom. The summed E-state index contributed by atoms with van der Waals surface area (Å²) < 4.78 is 25.4. The number of piperidine rings is 1. The number of carbonyl (C=O) groups excluding carboxylic acids is 2. The first-order valence-corrected chi connectivity index (χ1v) is 10.8. The number of benzene rings is 1. The molecular formula is C24H26F2N4O2. The minimum Gasteiger partial charge on any atom is -0.361 e. The number of aromatic nitrogens is 2. The largest absolute Gasteiger partial charge is 0.361 e. The van der Waals surface area contributed by atoms with E-state index < -0.39 is 12.3 Å². The number of likely N-dealkylation sites (tertiary alicyclic amines) is 1. The van der Waals surface area contributed by atoms with Crippen LogP contribution in [0.4, 0.5) is 8.78 Å². The van der Waals surface area contributed by atoms with Gasteiger partial charge in [0.25, 0.3) is 11.8 Å². The molecule has 2 amide bonds. The summed E-state index contributed by atoms with van der Waals surface area (Å²) in [4.78, 5) is 33.5. The normalized spacial score (nSPS) is 14.8. The fourth-order valence-electron chi connectivity index (χ4n) is 4.34. The van der Waals surface area contributed by atoms with Crippen molar-refractivity contribution < 1.29 is 18.4 Å². The number of aryl methyl sites for hydroxylation is 1. The number of aromatic amines is 1. The highest BCUT2D eigenvalue weighted by Gasteiger charge is 2.30. The third-order valence-corrected chi connectivity index (χ3v) is 6.04. The zero-order valence-corrected chi connectivity index (χ0v) is 17.9. The number of alkyl halides is 2. The Labute approximate surface area is 185 Å². The molecule has 0 bridgehead atoms. The Morgan fingerprint density at radius 2 is 1.94 bits per heavy atom. The quantitative estimate of drug-likeness (QED) is 0.612. The summed E-state index contributed by atoms with van der Waals surface area (Å²) in [6, 6.07) is 11.6. The number of nitrogens with zero attached hydrogens (tertiary/aromatic N) is 2. The van der Waals surface area contributed by atoms with Crippen LogP contribution in [-0.4, -0.2) is 52.7 Å². The van der Waals surface area contributed by atoms with Gasteiger partial charge in [-0.15, -0.1) is 0 Å². The molecule has 1 saturated heterocycles. The van der Waals surface area contributed by atoms with Gasteiger partial charge in [-0.2, -0.15) is 8.78 Å². The lowest BCUT2D eigenvalue weighted by molar-refractivity contribution is -0.143. The van der Waals surface area contributed by atoms with Crippen molar-refractivity contribution in [2.24, 2.45) is 0 Å². The second kappa shape index (κ2) is 9.46. The number of hydrogen-bond donors (Lipinski definition) is 2. The van der Waals surface area contributed by atoms with Crippen LogP contribution in [0.3, 0.4) is 0 Å². The highest BCUT2D eigenvalue weighted by atomic mass is 19.3. The second-order valence-corrected chi connectivity index (χ2v) is 8.15. The number of pyridine rings is 1. The van der Waals surface area contributed by atoms with E-state index in [0.717, 1.165) is 22.2 Å². The Bertz CT molecular complexity index is 1120. The average molecular weight is 440 g/mol. The Balaban J connectivity index is 1.41. The van der Waals surface area contributed by atoms with E-state index >= 15 is 0 Å². The van der Waals surface area contributed by atoms with Crippen LogP contribution < -0.4 is 5.32 Å². The number of nitrogens with one attached hydrogen (secondary N) is 2. The molecule has 0 spiro atoms. The van der Waals surface area contributed by atoms with Gasteiger partial charge in [0.05, 0.1) is 11.3 Å². The lowest BCUT2D eigenvalue weighted by Gasteiger charge is -2.32. The summed E-state index contributed by atoms with van der Waals surface area (Å²) in [5.74, 6) is -1.37. The number of amides is 2. The highest BCUT2D eigenvalue weighted by Crippen LogP contribution is 2.30. The fraction of sp³-hybridized carbons (Fsp3) is 0.375.